The number of hydrogen-bond acceptors (Lipinski definition) is 2. The van der Waals surface area contributed by atoms with Crippen molar-refractivity contribution in [2.45, 2.75) is 32.2 Å². The van der Waals surface area contributed by atoms with Crippen LogP contribution in [0.25, 0.3) is 0 Å². The van der Waals surface area contributed by atoms with E-state index in [9.17, 15) is 4.39 Å². The summed E-state index contributed by atoms with van der Waals surface area (Å²) < 4.78 is 19.3. The zero-order valence-corrected chi connectivity index (χ0v) is 12.4. The molecule has 3 rings (SSSR count). The summed E-state index contributed by atoms with van der Waals surface area (Å²) in [7, 11) is 1.67. The van der Waals surface area contributed by atoms with Crippen LogP contribution in [0.3, 0.4) is 0 Å². The van der Waals surface area contributed by atoms with Crippen molar-refractivity contribution in [2.24, 2.45) is 0 Å². The van der Waals surface area contributed by atoms with Gasteiger partial charge in [-0.3, -0.25) is 0 Å². The lowest BCUT2D eigenvalue weighted by atomic mass is 9.87. The standard InChI is InChI=1S/C18H20FNO/c1-12-6-9-16(19)18(10-12)20-17-5-3-4-13-7-8-14(21-2)11-15(13)17/h6-11,17,20H,3-5H2,1-2H3. The molecule has 1 unspecified atom stereocenters. The summed E-state index contributed by atoms with van der Waals surface area (Å²) in [4.78, 5) is 0. The Kier molecular flexibility index (Phi) is 3.82. The molecule has 0 heterocycles. The van der Waals surface area contributed by atoms with E-state index in [1.165, 1.54) is 17.2 Å². The maximum absolute atomic E-state index is 14.0. The molecule has 1 N–H and O–H groups in total. The van der Waals surface area contributed by atoms with Crippen molar-refractivity contribution in [2.75, 3.05) is 12.4 Å². The highest BCUT2D eigenvalue weighted by atomic mass is 19.1. The Morgan fingerprint density at radius 1 is 1.19 bits per heavy atom. The van der Waals surface area contributed by atoms with Crippen molar-refractivity contribution >= 4 is 5.69 Å². The van der Waals surface area contributed by atoms with Gasteiger partial charge in [0.1, 0.15) is 11.6 Å². The zero-order chi connectivity index (χ0) is 14.8. The molecule has 0 amide bonds. The largest absolute Gasteiger partial charge is 0.497 e. The summed E-state index contributed by atoms with van der Waals surface area (Å²) in [5.41, 5.74) is 4.19. The van der Waals surface area contributed by atoms with Gasteiger partial charge >= 0.3 is 0 Å². The van der Waals surface area contributed by atoms with Gasteiger partial charge < -0.3 is 10.1 Å². The molecule has 0 saturated carbocycles. The summed E-state index contributed by atoms with van der Waals surface area (Å²) in [5, 5.41) is 3.37. The molecule has 0 fully saturated rings. The summed E-state index contributed by atoms with van der Waals surface area (Å²) in [5.74, 6) is 0.655. The van der Waals surface area contributed by atoms with Crippen LogP contribution in [0.5, 0.6) is 5.75 Å². The molecule has 1 atom stereocenters. The molecule has 2 aromatic rings. The SMILES string of the molecule is COc1ccc2c(c1)C(Nc1cc(C)ccc1F)CCC2. The number of nitrogens with one attached hydrogen (secondary N) is 1. The second-order valence-corrected chi connectivity index (χ2v) is 5.64. The lowest BCUT2D eigenvalue weighted by Crippen LogP contribution is -2.18. The highest BCUT2D eigenvalue weighted by Crippen LogP contribution is 2.35. The molecule has 2 aromatic carbocycles. The van der Waals surface area contributed by atoms with Crippen molar-refractivity contribution in [1.82, 2.24) is 0 Å². The van der Waals surface area contributed by atoms with Gasteiger partial charge in [0.2, 0.25) is 0 Å². The molecule has 0 aliphatic heterocycles. The molecule has 110 valence electrons. The average Bonchev–Trinajstić information content (AvgIpc) is 2.51. The first kappa shape index (κ1) is 13.9. The lowest BCUT2D eigenvalue weighted by Gasteiger charge is -2.28. The molecule has 21 heavy (non-hydrogen) atoms. The monoisotopic (exact) mass is 285 g/mol. The van der Waals surface area contributed by atoms with Crippen molar-refractivity contribution in [3.63, 3.8) is 0 Å². The average molecular weight is 285 g/mol. The molecule has 3 heteroatoms. The minimum atomic E-state index is -0.199. The quantitative estimate of drug-likeness (QED) is 0.887. The number of halogens is 1. The normalized spacial score (nSPS) is 17.2. The van der Waals surface area contributed by atoms with Gasteiger partial charge in [0.05, 0.1) is 18.8 Å². The highest BCUT2D eigenvalue weighted by Gasteiger charge is 2.21. The summed E-state index contributed by atoms with van der Waals surface area (Å²) in [6.45, 7) is 1.97. The van der Waals surface area contributed by atoms with Gasteiger partial charge in [-0.25, -0.2) is 4.39 Å². The lowest BCUT2D eigenvalue weighted by molar-refractivity contribution is 0.413. The van der Waals surface area contributed by atoms with Crippen LogP contribution < -0.4 is 10.1 Å². The zero-order valence-electron chi connectivity index (χ0n) is 12.4. The van der Waals surface area contributed by atoms with E-state index in [-0.39, 0.29) is 11.9 Å². The molecular formula is C18H20FNO. The van der Waals surface area contributed by atoms with Gasteiger partial charge in [-0.05, 0) is 67.1 Å². The van der Waals surface area contributed by atoms with Gasteiger partial charge in [-0.2, -0.15) is 0 Å². The van der Waals surface area contributed by atoms with Crippen LogP contribution in [0.4, 0.5) is 10.1 Å². The summed E-state index contributed by atoms with van der Waals surface area (Å²) in [6.07, 6.45) is 3.20. The number of benzene rings is 2. The summed E-state index contributed by atoms with van der Waals surface area (Å²) >= 11 is 0. The van der Waals surface area contributed by atoms with E-state index in [2.05, 4.69) is 17.4 Å². The third-order valence-electron chi connectivity index (χ3n) is 4.12. The number of aryl methyl sites for hydroxylation is 2. The Labute approximate surface area is 125 Å². The molecule has 0 aromatic heterocycles. The van der Waals surface area contributed by atoms with E-state index < -0.39 is 0 Å². The van der Waals surface area contributed by atoms with Crippen molar-refractivity contribution in [1.29, 1.82) is 0 Å². The Bertz CT molecular complexity index is 654. The topological polar surface area (TPSA) is 21.3 Å². The minimum Gasteiger partial charge on any atom is -0.497 e. The number of methoxy groups -OCH3 is 1. The first-order valence-corrected chi connectivity index (χ1v) is 7.37. The highest BCUT2D eigenvalue weighted by molar-refractivity contribution is 5.51. The molecular weight excluding hydrogens is 265 g/mol. The van der Waals surface area contributed by atoms with E-state index in [0.29, 0.717) is 5.69 Å². The molecule has 1 aliphatic rings. The van der Waals surface area contributed by atoms with E-state index in [4.69, 9.17) is 4.74 Å². The Morgan fingerprint density at radius 2 is 2.05 bits per heavy atom. The van der Waals surface area contributed by atoms with Gasteiger partial charge in [0, 0.05) is 0 Å². The van der Waals surface area contributed by atoms with E-state index in [1.54, 1.807) is 13.2 Å². The van der Waals surface area contributed by atoms with Crippen molar-refractivity contribution < 1.29 is 9.13 Å². The Morgan fingerprint density at radius 3 is 2.86 bits per heavy atom. The molecule has 0 radical (unpaired) electrons. The molecule has 1 aliphatic carbocycles. The third kappa shape index (κ3) is 2.87. The van der Waals surface area contributed by atoms with Crippen molar-refractivity contribution in [3.8, 4) is 5.75 Å². The number of fused-ring (bicyclic) bond motifs is 1. The predicted octanol–water partition coefficient (Wildman–Crippen LogP) is 4.63. The van der Waals surface area contributed by atoms with Crippen LogP contribution in [0.15, 0.2) is 36.4 Å². The van der Waals surface area contributed by atoms with Gasteiger partial charge in [-0.1, -0.05) is 12.1 Å². The van der Waals surface area contributed by atoms with Gasteiger partial charge in [0.25, 0.3) is 0 Å². The molecule has 2 nitrogen and oxygen atoms in total. The maximum Gasteiger partial charge on any atom is 0.146 e. The molecule has 0 spiro atoms. The minimum absolute atomic E-state index is 0.139. The van der Waals surface area contributed by atoms with Crippen LogP contribution in [0.1, 0.15) is 35.6 Å². The fourth-order valence-electron chi connectivity index (χ4n) is 2.99. The van der Waals surface area contributed by atoms with E-state index >= 15 is 0 Å². The van der Waals surface area contributed by atoms with E-state index in [1.807, 2.05) is 19.1 Å². The number of hydrogen-bond donors (Lipinski definition) is 1. The smallest absolute Gasteiger partial charge is 0.146 e. The third-order valence-corrected chi connectivity index (χ3v) is 4.12. The second kappa shape index (κ2) is 5.76. The number of rotatable bonds is 3. The van der Waals surface area contributed by atoms with Crippen molar-refractivity contribution in [3.05, 3.63) is 58.9 Å². The number of ether oxygens (including phenoxy) is 1. The van der Waals surface area contributed by atoms with Crippen LogP contribution >= 0.6 is 0 Å². The Balaban J connectivity index is 1.92. The van der Waals surface area contributed by atoms with E-state index in [0.717, 1.165) is 30.6 Å². The predicted molar refractivity (Wildman–Crippen MR) is 83.4 cm³/mol. The first-order chi connectivity index (χ1) is 10.2. The molecule has 0 bridgehead atoms. The first-order valence-electron chi connectivity index (χ1n) is 7.37. The second-order valence-electron chi connectivity index (χ2n) is 5.64. The van der Waals surface area contributed by atoms with Crippen LogP contribution in [0, 0.1) is 12.7 Å². The fourth-order valence-corrected chi connectivity index (χ4v) is 2.99. The number of anilines is 1. The summed E-state index contributed by atoms with van der Waals surface area (Å²) in [6, 6.07) is 11.5. The van der Waals surface area contributed by atoms with Gasteiger partial charge in [0.15, 0.2) is 0 Å². The van der Waals surface area contributed by atoms with Crippen LogP contribution in [0.2, 0.25) is 0 Å². The van der Waals surface area contributed by atoms with Gasteiger partial charge in [-0.15, -0.1) is 0 Å². The fraction of sp³-hybridized carbons (Fsp3) is 0.333. The Hall–Kier alpha value is -2.03. The molecule has 0 saturated heterocycles. The van der Waals surface area contributed by atoms with Crippen LogP contribution in [-0.4, -0.2) is 7.11 Å². The van der Waals surface area contributed by atoms with Crippen LogP contribution in [-0.2, 0) is 6.42 Å². The maximum atomic E-state index is 14.0.